The molecule has 1 aliphatic rings. The van der Waals surface area contributed by atoms with Crippen molar-refractivity contribution in [3.05, 3.63) is 45.9 Å². The Morgan fingerprint density at radius 3 is 2.50 bits per heavy atom. The van der Waals surface area contributed by atoms with Gasteiger partial charge in [-0.05, 0) is 68.9 Å². The smallest absolute Gasteiger partial charge is 0.0461 e. The molecule has 3 heteroatoms. The summed E-state index contributed by atoms with van der Waals surface area (Å²) in [7, 11) is 0. The highest BCUT2D eigenvalue weighted by Crippen LogP contribution is 2.40. The standard InChI is InChI=1S/C13H11BrN2/c14-12-6-11-8(5-13(12)16)3-7-4-9(15)1-2-10(7)11/h1-2,4-6H,3,15-16H2. The summed E-state index contributed by atoms with van der Waals surface area (Å²) < 4.78 is 0.955. The molecule has 0 saturated heterocycles. The Balaban J connectivity index is 2.25. The molecule has 0 bridgehead atoms. The summed E-state index contributed by atoms with van der Waals surface area (Å²) in [5.74, 6) is 0. The third-order valence-corrected chi connectivity index (χ3v) is 3.71. The molecular formula is C13H11BrN2. The molecule has 16 heavy (non-hydrogen) atoms. The quantitative estimate of drug-likeness (QED) is 0.619. The van der Waals surface area contributed by atoms with Crippen LogP contribution in [0.1, 0.15) is 11.1 Å². The first-order chi connectivity index (χ1) is 7.65. The second-order valence-electron chi connectivity index (χ2n) is 4.12. The maximum atomic E-state index is 5.89. The van der Waals surface area contributed by atoms with Crippen LogP contribution in [-0.4, -0.2) is 0 Å². The minimum Gasteiger partial charge on any atom is -0.399 e. The molecule has 2 aromatic rings. The van der Waals surface area contributed by atoms with Gasteiger partial charge in [0, 0.05) is 15.8 Å². The van der Waals surface area contributed by atoms with Crippen LogP contribution in [0.3, 0.4) is 0 Å². The van der Waals surface area contributed by atoms with Crippen LogP contribution in [0.15, 0.2) is 34.8 Å². The number of nitrogen functional groups attached to an aromatic ring is 2. The van der Waals surface area contributed by atoms with Gasteiger partial charge in [-0.1, -0.05) is 6.07 Å². The maximum absolute atomic E-state index is 5.89. The zero-order valence-electron chi connectivity index (χ0n) is 8.63. The molecule has 2 aromatic carbocycles. The molecule has 0 fully saturated rings. The van der Waals surface area contributed by atoms with Gasteiger partial charge >= 0.3 is 0 Å². The van der Waals surface area contributed by atoms with Crippen LogP contribution in [0, 0.1) is 0 Å². The molecule has 0 amide bonds. The largest absolute Gasteiger partial charge is 0.399 e. The van der Waals surface area contributed by atoms with Crippen LogP contribution in [0.2, 0.25) is 0 Å². The molecule has 1 aliphatic carbocycles. The van der Waals surface area contributed by atoms with E-state index in [0.29, 0.717) is 0 Å². The van der Waals surface area contributed by atoms with Gasteiger partial charge in [-0.25, -0.2) is 0 Å². The Morgan fingerprint density at radius 1 is 0.938 bits per heavy atom. The Kier molecular flexibility index (Phi) is 1.98. The van der Waals surface area contributed by atoms with E-state index in [1.54, 1.807) is 0 Å². The number of benzene rings is 2. The van der Waals surface area contributed by atoms with Crippen molar-refractivity contribution < 1.29 is 0 Å². The highest BCUT2D eigenvalue weighted by Gasteiger charge is 2.19. The first kappa shape index (κ1) is 9.73. The lowest BCUT2D eigenvalue weighted by molar-refractivity contribution is 1.26. The number of nitrogens with two attached hydrogens (primary N) is 2. The fraction of sp³-hybridized carbons (Fsp3) is 0.0769. The van der Waals surface area contributed by atoms with Gasteiger partial charge in [-0.2, -0.15) is 0 Å². The number of anilines is 2. The van der Waals surface area contributed by atoms with Gasteiger partial charge in [0.15, 0.2) is 0 Å². The minimum absolute atomic E-state index is 0.791. The van der Waals surface area contributed by atoms with E-state index in [0.717, 1.165) is 22.3 Å². The predicted octanol–water partition coefficient (Wildman–Crippen LogP) is 3.18. The zero-order chi connectivity index (χ0) is 11.3. The van der Waals surface area contributed by atoms with Gasteiger partial charge in [0.2, 0.25) is 0 Å². The molecule has 4 N–H and O–H groups in total. The summed E-state index contributed by atoms with van der Waals surface area (Å²) in [5.41, 5.74) is 18.4. The molecule has 0 spiro atoms. The van der Waals surface area contributed by atoms with Crippen LogP contribution >= 0.6 is 15.9 Å². The fourth-order valence-corrected chi connectivity index (χ4v) is 2.61. The van der Waals surface area contributed by atoms with Crippen LogP contribution in [0.25, 0.3) is 11.1 Å². The van der Waals surface area contributed by atoms with Crippen molar-refractivity contribution in [1.82, 2.24) is 0 Å². The van der Waals surface area contributed by atoms with E-state index in [1.165, 1.54) is 22.3 Å². The lowest BCUT2D eigenvalue weighted by Crippen LogP contribution is -1.89. The van der Waals surface area contributed by atoms with Gasteiger partial charge in [-0.15, -0.1) is 0 Å². The highest BCUT2D eigenvalue weighted by atomic mass is 79.9. The summed E-state index contributed by atoms with van der Waals surface area (Å²) in [6.07, 6.45) is 0.924. The Hall–Kier alpha value is -1.48. The zero-order valence-corrected chi connectivity index (χ0v) is 10.2. The Morgan fingerprint density at radius 2 is 1.69 bits per heavy atom. The van der Waals surface area contributed by atoms with Crippen molar-refractivity contribution in [3.8, 4) is 11.1 Å². The molecule has 0 unspecified atom stereocenters. The van der Waals surface area contributed by atoms with E-state index in [4.69, 9.17) is 11.5 Å². The maximum Gasteiger partial charge on any atom is 0.0461 e. The summed E-state index contributed by atoms with van der Waals surface area (Å²) in [6, 6.07) is 10.2. The van der Waals surface area contributed by atoms with E-state index in [2.05, 4.69) is 28.1 Å². The van der Waals surface area contributed by atoms with Crippen LogP contribution in [0.4, 0.5) is 11.4 Å². The van der Waals surface area contributed by atoms with Gasteiger partial charge in [0.25, 0.3) is 0 Å². The molecule has 0 radical (unpaired) electrons. The summed E-state index contributed by atoms with van der Waals surface area (Å²) in [4.78, 5) is 0. The highest BCUT2D eigenvalue weighted by molar-refractivity contribution is 9.10. The van der Waals surface area contributed by atoms with Gasteiger partial charge in [0.1, 0.15) is 0 Å². The van der Waals surface area contributed by atoms with Crippen molar-refractivity contribution in [1.29, 1.82) is 0 Å². The molecular weight excluding hydrogens is 264 g/mol. The van der Waals surface area contributed by atoms with Crippen molar-refractivity contribution >= 4 is 27.3 Å². The number of fused-ring (bicyclic) bond motifs is 3. The molecule has 80 valence electrons. The fourth-order valence-electron chi connectivity index (χ4n) is 2.26. The average molecular weight is 275 g/mol. The molecule has 0 atom stereocenters. The van der Waals surface area contributed by atoms with Gasteiger partial charge in [0.05, 0.1) is 0 Å². The number of halogens is 1. The lowest BCUT2D eigenvalue weighted by Gasteiger charge is -2.04. The van der Waals surface area contributed by atoms with E-state index in [1.807, 2.05) is 18.2 Å². The van der Waals surface area contributed by atoms with E-state index in [-0.39, 0.29) is 0 Å². The molecule has 2 nitrogen and oxygen atoms in total. The minimum atomic E-state index is 0.791. The lowest BCUT2D eigenvalue weighted by atomic mass is 10.1. The monoisotopic (exact) mass is 274 g/mol. The van der Waals surface area contributed by atoms with Crippen molar-refractivity contribution in [2.24, 2.45) is 0 Å². The Bertz CT molecular complexity index is 591. The number of hydrogen-bond donors (Lipinski definition) is 2. The van der Waals surface area contributed by atoms with Crippen molar-refractivity contribution in [2.75, 3.05) is 11.5 Å². The SMILES string of the molecule is Nc1ccc2c(c1)Cc1cc(N)c(Br)cc1-2. The average Bonchev–Trinajstić information content (AvgIpc) is 2.55. The van der Waals surface area contributed by atoms with E-state index in [9.17, 15) is 0 Å². The van der Waals surface area contributed by atoms with Crippen LogP contribution in [-0.2, 0) is 6.42 Å². The third kappa shape index (κ3) is 1.32. The first-order valence-electron chi connectivity index (χ1n) is 5.12. The van der Waals surface area contributed by atoms with Crippen LogP contribution in [0.5, 0.6) is 0 Å². The normalized spacial score (nSPS) is 12.3. The summed E-state index contributed by atoms with van der Waals surface area (Å²) in [6.45, 7) is 0. The first-order valence-corrected chi connectivity index (χ1v) is 5.91. The van der Waals surface area contributed by atoms with E-state index >= 15 is 0 Å². The number of hydrogen-bond acceptors (Lipinski definition) is 2. The van der Waals surface area contributed by atoms with Gasteiger partial charge < -0.3 is 11.5 Å². The second kappa shape index (κ2) is 3.25. The molecule has 0 heterocycles. The summed E-state index contributed by atoms with van der Waals surface area (Å²) >= 11 is 3.47. The van der Waals surface area contributed by atoms with Crippen molar-refractivity contribution in [2.45, 2.75) is 6.42 Å². The van der Waals surface area contributed by atoms with Gasteiger partial charge in [-0.3, -0.25) is 0 Å². The van der Waals surface area contributed by atoms with Crippen molar-refractivity contribution in [3.63, 3.8) is 0 Å². The predicted molar refractivity (Wildman–Crippen MR) is 71.2 cm³/mol. The summed E-state index contributed by atoms with van der Waals surface area (Å²) in [5, 5.41) is 0. The molecule has 0 aromatic heterocycles. The number of rotatable bonds is 0. The molecule has 0 saturated carbocycles. The molecule has 0 aliphatic heterocycles. The topological polar surface area (TPSA) is 52.0 Å². The van der Waals surface area contributed by atoms with E-state index < -0.39 is 0 Å². The third-order valence-electron chi connectivity index (χ3n) is 3.02. The van der Waals surface area contributed by atoms with Crippen LogP contribution < -0.4 is 11.5 Å². The Labute approximate surface area is 102 Å². The molecule has 3 rings (SSSR count). The second-order valence-corrected chi connectivity index (χ2v) is 4.98.